The molecule has 1 aliphatic heterocycles. The molecular weight excluding hydrogens is 237 g/mol. The topological polar surface area (TPSA) is 100 Å². The third-order valence-electron chi connectivity index (χ3n) is 1.36. The minimum Gasteiger partial charge on any atom is -0.348 e. The highest BCUT2D eigenvalue weighted by atomic mass is 31.2. The maximum absolute atomic E-state index is 11.6. The van der Waals surface area contributed by atoms with E-state index in [0.717, 1.165) is 0 Å². The van der Waals surface area contributed by atoms with Crippen LogP contribution in [0.4, 0.5) is 0 Å². The maximum atomic E-state index is 11.6. The van der Waals surface area contributed by atoms with Crippen LogP contribution in [0.2, 0.25) is 0 Å². The van der Waals surface area contributed by atoms with E-state index in [9.17, 15) is 9.46 Å². The van der Waals surface area contributed by atoms with Crippen molar-refractivity contribution in [2.45, 2.75) is 25.7 Å². The Morgan fingerprint density at radius 1 is 1.81 bits per heavy atom. The second-order valence-corrected chi connectivity index (χ2v) is 4.70. The number of rotatable bonds is 6. The summed E-state index contributed by atoms with van der Waals surface area (Å²) in [7, 11) is -4.90. The van der Waals surface area contributed by atoms with Crippen LogP contribution in [0.25, 0.3) is 0 Å². The summed E-state index contributed by atoms with van der Waals surface area (Å²) in [5.74, 6) is -1.63. The Labute approximate surface area is 101 Å². The van der Waals surface area contributed by atoms with Gasteiger partial charge in [-0.2, -0.15) is 0 Å². The predicted molar refractivity (Wildman–Crippen MR) is 55.7 cm³/mol. The van der Waals surface area contributed by atoms with Crippen LogP contribution in [-0.2, 0) is 23.1 Å². The first-order valence-electron chi connectivity index (χ1n) is 6.97. The van der Waals surface area contributed by atoms with Gasteiger partial charge in [0.1, 0.15) is 6.08 Å². The van der Waals surface area contributed by atoms with Gasteiger partial charge >= 0.3 is 7.82 Å². The lowest BCUT2D eigenvalue weighted by molar-refractivity contribution is -0.142. The first-order valence-corrected chi connectivity index (χ1v) is 5.96. The van der Waals surface area contributed by atoms with E-state index in [2.05, 4.69) is 9.05 Å². The monoisotopic (exact) mass is 260 g/mol. The van der Waals surface area contributed by atoms with Crippen molar-refractivity contribution in [1.82, 2.24) is 0 Å². The van der Waals surface area contributed by atoms with Gasteiger partial charge in [0.05, 0.1) is 26.6 Å². The molecule has 1 saturated heterocycles. The van der Waals surface area contributed by atoms with Gasteiger partial charge in [-0.1, -0.05) is 0 Å². The first kappa shape index (κ1) is 8.16. The number of phosphoric acid groups is 1. The molecule has 0 bridgehead atoms. The fraction of sp³-hybridized carbons (Fsp3) is 1.00. The zero-order valence-corrected chi connectivity index (χ0v) is 9.82. The Hall–Kier alpha value is -0.0100. The van der Waals surface area contributed by atoms with Gasteiger partial charge in [-0.3, -0.25) is 9.05 Å². The summed E-state index contributed by atoms with van der Waals surface area (Å²) in [5.41, 5.74) is 5.08. The standard InChI is InChI=1S/C8H18NO6P/c1-8(2)12-5-7(15-8)6-14-16(10,11)13-4-3-9/h7H,3-6,9H2,1-2H3,(H,10,11)/i5D2,6D2,7D. The van der Waals surface area contributed by atoms with E-state index in [0.29, 0.717) is 0 Å². The molecule has 16 heavy (non-hydrogen) atoms. The largest absolute Gasteiger partial charge is 0.472 e. The molecule has 0 spiro atoms. The van der Waals surface area contributed by atoms with E-state index in [1.165, 1.54) is 13.8 Å². The Balaban J connectivity index is 3.03. The van der Waals surface area contributed by atoms with Crippen LogP contribution in [0.5, 0.6) is 0 Å². The smallest absolute Gasteiger partial charge is 0.348 e. The normalized spacial score (nSPS) is 41.1. The van der Waals surface area contributed by atoms with Crippen LogP contribution in [0.1, 0.15) is 20.7 Å². The minimum atomic E-state index is -4.90. The zero-order valence-electron chi connectivity index (χ0n) is 13.9. The minimum absolute atomic E-state index is 0.115. The molecule has 8 heteroatoms. The first-order chi connectivity index (χ1) is 9.18. The summed E-state index contributed by atoms with van der Waals surface area (Å²) in [6.45, 7) is -4.25. The number of hydrogen-bond donors (Lipinski definition) is 2. The average Bonchev–Trinajstić information content (AvgIpc) is 2.39. The van der Waals surface area contributed by atoms with Gasteiger partial charge < -0.3 is 20.1 Å². The molecular formula is C8H18NO6P. The molecule has 0 aromatic heterocycles. The van der Waals surface area contributed by atoms with Crippen LogP contribution >= 0.6 is 7.82 Å². The molecule has 2 unspecified atom stereocenters. The fourth-order valence-electron chi connectivity index (χ4n) is 0.792. The summed E-state index contributed by atoms with van der Waals surface area (Å²) in [4.78, 5) is 9.37. The van der Waals surface area contributed by atoms with Gasteiger partial charge in [0, 0.05) is 6.54 Å². The quantitative estimate of drug-likeness (QED) is 0.659. The highest BCUT2D eigenvalue weighted by Crippen LogP contribution is 2.43. The van der Waals surface area contributed by atoms with E-state index in [-0.39, 0.29) is 13.2 Å². The Morgan fingerprint density at radius 3 is 3.00 bits per heavy atom. The molecule has 3 N–H and O–H groups in total. The van der Waals surface area contributed by atoms with Crippen molar-refractivity contribution in [1.29, 1.82) is 0 Å². The van der Waals surface area contributed by atoms with Crippen molar-refractivity contribution in [3.63, 3.8) is 0 Å². The fourth-order valence-corrected chi connectivity index (χ4v) is 1.38. The van der Waals surface area contributed by atoms with Gasteiger partial charge in [0.25, 0.3) is 0 Å². The highest BCUT2D eigenvalue weighted by Gasteiger charge is 2.34. The lowest BCUT2D eigenvalue weighted by atomic mass is 10.4. The van der Waals surface area contributed by atoms with Crippen molar-refractivity contribution in [3.8, 4) is 0 Å². The van der Waals surface area contributed by atoms with E-state index in [1.54, 1.807) is 0 Å². The van der Waals surface area contributed by atoms with E-state index >= 15 is 0 Å². The SMILES string of the molecule is [2H]C1([2H])OC(C)(C)OC1([2H])C([2H])([2H])OP(=O)(O)OCCN. The highest BCUT2D eigenvalue weighted by molar-refractivity contribution is 7.47. The predicted octanol–water partition coefficient (Wildman–Crippen LogP) is 0.230. The third-order valence-corrected chi connectivity index (χ3v) is 2.19. The molecule has 1 fully saturated rings. The second-order valence-electron chi connectivity index (χ2n) is 3.32. The van der Waals surface area contributed by atoms with Crippen molar-refractivity contribution in [2.75, 3.05) is 26.3 Å². The summed E-state index contributed by atoms with van der Waals surface area (Å²) in [5, 5.41) is 0. The molecule has 0 aromatic rings. The molecule has 2 atom stereocenters. The Morgan fingerprint density at radius 2 is 2.50 bits per heavy atom. The summed E-state index contributed by atoms with van der Waals surface area (Å²) in [6, 6.07) is 0. The maximum Gasteiger partial charge on any atom is 0.472 e. The van der Waals surface area contributed by atoms with Crippen molar-refractivity contribution >= 4 is 7.82 Å². The Bertz CT molecular complexity index is 449. The molecule has 1 heterocycles. The molecule has 1 aliphatic rings. The summed E-state index contributed by atoms with van der Waals surface area (Å²) < 4.78 is 68.2. The summed E-state index contributed by atoms with van der Waals surface area (Å²) in [6.07, 6.45) is -3.05. The number of ether oxygens (including phenoxy) is 2. The van der Waals surface area contributed by atoms with Crippen molar-refractivity contribution in [3.05, 3.63) is 0 Å². The van der Waals surface area contributed by atoms with E-state index in [4.69, 9.17) is 22.1 Å². The molecule has 7 nitrogen and oxygen atoms in total. The van der Waals surface area contributed by atoms with E-state index < -0.39 is 32.8 Å². The van der Waals surface area contributed by atoms with Gasteiger partial charge in [-0.15, -0.1) is 0 Å². The Kier molecular flexibility index (Phi) is 2.83. The molecule has 1 rings (SSSR count). The number of nitrogens with two attached hydrogens (primary N) is 1. The van der Waals surface area contributed by atoms with E-state index in [1.807, 2.05) is 0 Å². The molecule has 0 aliphatic carbocycles. The summed E-state index contributed by atoms with van der Waals surface area (Å²) >= 11 is 0. The second kappa shape index (κ2) is 5.55. The number of phosphoric ester groups is 1. The van der Waals surface area contributed by atoms with Gasteiger partial charge in [0.2, 0.25) is 0 Å². The lowest BCUT2D eigenvalue weighted by Gasteiger charge is -2.18. The van der Waals surface area contributed by atoms with Crippen LogP contribution in [0.15, 0.2) is 0 Å². The average molecular weight is 260 g/mol. The van der Waals surface area contributed by atoms with Crippen molar-refractivity contribution in [2.24, 2.45) is 5.73 Å². The van der Waals surface area contributed by atoms with Crippen LogP contribution < -0.4 is 5.73 Å². The van der Waals surface area contributed by atoms with Gasteiger partial charge in [-0.25, -0.2) is 4.57 Å². The van der Waals surface area contributed by atoms with Gasteiger partial charge in [-0.05, 0) is 13.8 Å². The lowest BCUT2D eigenvalue weighted by Crippen LogP contribution is -2.24. The number of hydrogen-bond acceptors (Lipinski definition) is 6. The van der Waals surface area contributed by atoms with Crippen LogP contribution in [0, 0.1) is 0 Å². The molecule has 0 radical (unpaired) electrons. The zero-order chi connectivity index (χ0) is 16.7. The molecule has 0 saturated carbocycles. The van der Waals surface area contributed by atoms with Crippen LogP contribution in [-0.4, -0.2) is 43.0 Å². The molecule has 96 valence electrons. The van der Waals surface area contributed by atoms with Gasteiger partial charge in [0.15, 0.2) is 5.79 Å². The molecule has 0 aromatic carbocycles. The molecule has 0 amide bonds. The third kappa shape index (κ3) is 4.88. The van der Waals surface area contributed by atoms with Crippen molar-refractivity contribution < 1.29 is 34.8 Å². The van der Waals surface area contributed by atoms with Crippen LogP contribution in [0.3, 0.4) is 0 Å².